The van der Waals surface area contributed by atoms with E-state index in [0.29, 0.717) is 27.8 Å². The molecule has 3 nitrogen and oxygen atoms in total. The zero-order chi connectivity index (χ0) is 16.4. The molecular formula is C18H18Cl2N2O. The van der Waals surface area contributed by atoms with Crippen LogP contribution in [-0.4, -0.2) is 5.91 Å². The molecule has 23 heavy (non-hydrogen) atoms. The second kappa shape index (κ2) is 6.81. The summed E-state index contributed by atoms with van der Waals surface area (Å²) in [6, 6.07) is 9.54. The molecule has 0 radical (unpaired) electrons. The summed E-state index contributed by atoms with van der Waals surface area (Å²) in [5.41, 5.74) is 10.4. The maximum atomic E-state index is 12.2. The summed E-state index contributed by atoms with van der Waals surface area (Å²) in [5, 5.41) is 3.49. The largest absolute Gasteiger partial charge is 0.396 e. The predicted octanol–water partition coefficient (Wildman–Crippen LogP) is 4.64. The molecule has 0 atom stereocenters. The molecule has 120 valence electrons. The number of hydrogen-bond acceptors (Lipinski definition) is 2. The minimum atomic E-state index is -0.0994. The second-order valence-electron chi connectivity index (χ2n) is 5.89. The van der Waals surface area contributed by atoms with Crippen molar-refractivity contribution in [1.29, 1.82) is 0 Å². The number of carbonyl (C=O) groups excluding carboxylic acids is 1. The van der Waals surface area contributed by atoms with Crippen molar-refractivity contribution in [3.8, 4) is 0 Å². The molecular weight excluding hydrogens is 331 g/mol. The van der Waals surface area contributed by atoms with Gasteiger partial charge < -0.3 is 11.1 Å². The van der Waals surface area contributed by atoms with Crippen LogP contribution >= 0.6 is 23.2 Å². The smallest absolute Gasteiger partial charge is 0.228 e. The van der Waals surface area contributed by atoms with E-state index < -0.39 is 0 Å². The van der Waals surface area contributed by atoms with Crippen LogP contribution in [0.4, 0.5) is 11.4 Å². The summed E-state index contributed by atoms with van der Waals surface area (Å²) in [6.45, 7) is 0. The Morgan fingerprint density at radius 3 is 2.39 bits per heavy atom. The van der Waals surface area contributed by atoms with E-state index >= 15 is 0 Å². The molecule has 0 saturated carbocycles. The molecule has 3 N–H and O–H groups in total. The first-order valence-corrected chi connectivity index (χ1v) is 8.43. The topological polar surface area (TPSA) is 55.1 Å². The van der Waals surface area contributed by atoms with Gasteiger partial charge in [-0.05, 0) is 54.5 Å². The number of carbonyl (C=O) groups is 1. The first kappa shape index (κ1) is 16.2. The second-order valence-corrected chi connectivity index (χ2v) is 6.70. The van der Waals surface area contributed by atoms with Crippen LogP contribution in [0.1, 0.15) is 29.5 Å². The van der Waals surface area contributed by atoms with Crippen LogP contribution in [0.25, 0.3) is 0 Å². The average Bonchev–Trinajstić information content (AvgIpc) is 2.52. The Bertz CT molecular complexity index is 736. The molecule has 0 aliphatic heterocycles. The Hall–Kier alpha value is -1.71. The number of anilines is 2. The van der Waals surface area contributed by atoms with Gasteiger partial charge >= 0.3 is 0 Å². The van der Waals surface area contributed by atoms with Gasteiger partial charge in [0.2, 0.25) is 5.91 Å². The van der Waals surface area contributed by atoms with Gasteiger partial charge in [0.1, 0.15) is 0 Å². The lowest BCUT2D eigenvalue weighted by molar-refractivity contribution is -0.115. The molecule has 0 unspecified atom stereocenters. The fourth-order valence-electron chi connectivity index (χ4n) is 2.94. The van der Waals surface area contributed by atoms with Gasteiger partial charge in [0.15, 0.2) is 0 Å². The van der Waals surface area contributed by atoms with Crippen LogP contribution in [0.5, 0.6) is 0 Å². The number of amides is 1. The van der Waals surface area contributed by atoms with E-state index in [2.05, 4.69) is 17.4 Å². The quantitative estimate of drug-likeness (QED) is 0.794. The minimum Gasteiger partial charge on any atom is -0.396 e. The van der Waals surface area contributed by atoms with Crippen molar-refractivity contribution < 1.29 is 4.79 Å². The van der Waals surface area contributed by atoms with Crippen LogP contribution in [0.2, 0.25) is 10.0 Å². The van der Waals surface area contributed by atoms with E-state index in [1.165, 1.54) is 24.0 Å². The van der Waals surface area contributed by atoms with Crippen molar-refractivity contribution in [2.24, 2.45) is 0 Å². The highest BCUT2D eigenvalue weighted by Gasteiger charge is 2.12. The Labute approximate surface area is 145 Å². The van der Waals surface area contributed by atoms with E-state index in [4.69, 9.17) is 28.9 Å². The van der Waals surface area contributed by atoms with E-state index in [-0.39, 0.29) is 5.91 Å². The lowest BCUT2D eigenvalue weighted by Crippen LogP contribution is -2.15. The monoisotopic (exact) mass is 348 g/mol. The van der Waals surface area contributed by atoms with E-state index in [9.17, 15) is 4.79 Å². The van der Waals surface area contributed by atoms with E-state index in [1.807, 2.05) is 6.07 Å². The van der Waals surface area contributed by atoms with Crippen molar-refractivity contribution in [2.75, 3.05) is 11.1 Å². The third kappa shape index (κ3) is 3.80. The Morgan fingerprint density at radius 1 is 1.04 bits per heavy atom. The van der Waals surface area contributed by atoms with Crippen molar-refractivity contribution in [3.63, 3.8) is 0 Å². The number of nitrogens with two attached hydrogens (primary N) is 1. The van der Waals surface area contributed by atoms with E-state index in [1.54, 1.807) is 12.1 Å². The van der Waals surface area contributed by atoms with Crippen LogP contribution in [-0.2, 0) is 24.1 Å². The van der Waals surface area contributed by atoms with Gasteiger partial charge in [0.25, 0.3) is 0 Å². The van der Waals surface area contributed by atoms with Gasteiger partial charge in [-0.1, -0.05) is 41.4 Å². The first-order chi connectivity index (χ1) is 11.0. The number of nitrogen functional groups attached to an aromatic ring is 1. The third-order valence-electron chi connectivity index (χ3n) is 4.14. The Kier molecular flexibility index (Phi) is 4.79. The third-order valence-corrected chi connectivity index (χ3v) is 4.77. The molecule has 1 aliphatic rings. The van der Waals surface area contributed by atoms with Crippen molar-refractivity contribution in [3.05, 3.63) is 57.1 Å². The molecule has 0 fully saturated rings. The van der Waals surface area contributed by atoms with Crippen LogP contribution < -0.4 is 11.1 Å². The average molecular weight is 349 g/mol. The maximum Gasteiger partial charge on any atom is 0.228 e. The van der Waals surface area contributed by atoms with Gasteiger partial charge in [-0.25, -0.2) is 0 Å². The lowest BCUT2D eigenvalue weighted by atomic mass is 9.90. The maximum absolute atomic E-state index is 12.2. The molecule has 0 saturated heterocycles. The summed E-state index contributed by atoms with van der Waals surface area (Å²) in [4.78, 5) is 12.2. The molecule has 1 amide bonds. The van der Waals surface area contributed by atoms with Crippen LogP contribution in [0, 0.1) is 0 Å². The molecule has 1 aliphatic carbocycles. The normalized spacial score (nSPS) is 13.5. The highest BCUT2D eigenvalue weighted by atomic mass is 35.5. The van der Waals surface area contributed by atoms with Gasteiger partial charge in [0, 0.05) is 5.69 Å². The van der Waals surface area contributed by atoms with Gasteiger partial charge in [-0.3, -0.25) is 4.79 Å². The number of rotatable bonds is 3. The zero-order valence-corrected chi connectivity index (χ0v) is 14.2. The number of benzene rings is 2. The summed E-state index contributed by atoms with van der Waals surface area (Å²) in [7, 11) is 0. The number of nitrogens with one attached hydrogen (secondary N) is 1. The molecule has 2 aromatic carbocycles. The van der Waals surface area contributed by atoms with Gasteiger partial charge in [0.05, 0.1) is 22.2 Å². The van der Waals surface area contributed by atoms with Crippen LogP contribution in [0.3, 0.4) is 0 Å². The Balaban J connectivity index is 1.70. The standard InChI is InChI=1S/C18H18Cl2N2O/c19-15-9-14(10-16(20)18(15)21)22-17(23)8-11-5-6-12-3-1-2-4-13(12)7-11/h5-7,9-10H,1-4,8,21H2,(H,22,23). The van der Waals surface area contributed by atoms with E-state index in [0.717, 1.165) is 18.4 Å². The highest BCUT2D eigenvalue weighted by molar-refractivity contribution is 6.39. The fourth-order valence-corrected chi connectivity index (χ4v) is 3.43. The molecule has 3 rings (SSSR count). The fraction of sp³-hybridized carbons (Fsp3) is 0.278. The van der Waals surface area contributed by atoms with Crippen LogP contribution in [0.15, 0.2) is 30.3 Å². The molecule has 0 aromatic heterocycles. The number of aryl methyl sites for hydroxylation is 2. The number of hydrogen-bond donors (Lipinski definition) is 2. The molecule has 0 bridgehead atoms. The molecule has 0 heterocycles. The zero-order valence-electron chi connectivity index (χ0n) is 12.7. The van der Waals surface area contributed by atoms with Crippen molar-refractivity contribution >= 4 is 40.5 Å². The van der Waals surface area contributed by atoms with Crippen molar-refractivity contribution in [1.82, 2.24) is 0 Å². The predicted molar refractivity (Wildman–Crippen MR) is 96.3 cm³/mol. The highest BCUT2D eigenvalue weighted by Crippen LogP contribution is 2.31. The lowest BCUT2D eigenvalue weighted by Gasteiger charge is -2.16. The van der Waals surface area contributed by atoms with Crippen molar-refractivity contribution in [2.45, 2.75) is 32.1 Å². The molecule has 0 spiro atoms. The summed E-state index contributed by atoms with van der Waals surface area (Å²) < 4.78 is 0. The minimum absolute atomic E-state index is 0.0994. The SMILES string of the molecule is Nc1c(Cl)cc(NC(=O)Cc2ccc3c(c2)CCCC3)cc1Cl. The Morgan fingerprint density at radius 2 is 1.70 bits per heavy atom. The number of halogens is 2. The molecule has 2 aromatic rings. The van der Waals surface area contributed by atoms with Gasteiger partial charge in [-0.2, -0.15) is 0 Å². The summed E-state index contributed by atoms with van der Waals surface area (Å²) >= 11 is 12.0. The summed E-state index contributed by atoms with van der Waals surface area (Å²) in [5.74, 6) is -0.0994. The number of fused-ring (bicyclic) bond motifs is 1. The first-order valence-electron chi connectivity index (χ1n) is 7.68. The molecule has 5 heteroatoms. The van der Waals surface area contributed by atoms with Gasteiger partial charge in [-0.15, -0.1) is 0 Å². The summed E-state index contributed by atoms with van der Waals surface area (Å²) in [6.07, 6.45) is 5.06.